The number of rotatable bonds is 9. The summed E-state index contributed by atoms with van der Waals surface area (Å²) < 4.78 is 5.51. The second-order valence-corrected chi connectivity index (χ2v) is 6.35. The Morgan fingerprint density at radius 1 is 1.24 bits per heavy atom. The summed E-state index contributed by atoms with van der Waals surface area (Å²) in [5.74, 6) is 1.41. The van der Waals surface area contributed by atoms with Gasteiger partial charge in [-0.1, -0.05) is 6.92 Å². The van der Waals surface area contributed by atoms with Crippen LogP contribution in [0, 0.1) is 5.92 Å². The summed E-state index contributed by atoms with van der Waals surface area (Å²) in [6, 6.07) is 7.17. The van der Waals surface area contributed by atoms with E-state index in [1.54, 1.807) is 12.1 Å². The molecule has 0 saturated carbocycles. The minimum absolute atomic E-state index is 0. The van der Waals surface area contributed by atoms with E-state index in [1.807, 2.05) is 24.1 Å². The number of nitrogens with zero attached hydrogens (tertiary/aromatic N) is 1. The molecule has 2 rings (SSSR count). The molecule has 0 spiro atoms. The van der Waals surface area contributed by atoms with E-state index in [-0.39, 0.29) is 30.5 Å². The monoisotopic (exact) mass is 368 g/mol. The average molecular weight is 369 g/mol. The molecule has 0 aromatic heterocycles. The molecule has 1 unspecified atom stereocenters. The molecule has 5 nitrogen and oxygen atoms in total. The Morgan fingerprint density at radius 3 is 2.60 bits per heavy atom. The molecule has 6 heteroatoms. The van der Waals surface area contributed by atoms with Gasteiger partial charge >= 0.3 is 0 Å². The van der Waals surface area contributed by atoms with Crippen LogP contribution in [0.3, 0.4) is 0 Å². The molecule has 1 aromatic carbocycles. The molecule has 1 fully saturated rings. The molecular weight excluding hydrogens is 340 g/mol. The molecule has 1 amide bonds. The number of nitrogens with one attached hydrogen (secondary N) is 1. The van der Waals surface area contributed by atoms with E-state index in [9.17, 15) is 9.59 Å². The largest absolute Gasteiger partial charge is 0.494 e. The van der Waals surface area contributed by atoms with Crippen LogP contribution in [-0.2, 0) is 4.79 Å². The lowest BCUT2D eigenvalue weighted by Crippen LogP contribution is -2.30. The number of hydrogen-bond acceptors (Lipinski definition) is 4. The molecule has 0 radical (unpaired) electrons. The van der Waals surface area contributed by atoms with Crippen molar-refractivity contribution in [3.63, 3.8) is 0 Å². The highest BCUT2D eigenvalue weighted by atomic mass is 35.5. The lowest BCUT2D eigenvalue weighted by atomic mass is 10.1. The first-order valence-electron chi connectivity index (χ1n) is 8.82. The topological polar surface area (TPSA) is 58.6 Å². The van der Waals surface area contributed by atoms with Gasteiger partial charge in [0.15, 0.2) is 5.78 Å². The smallest absolute Gasteiger partial charge is 0.223 e. The first-order valence-corrected chi connectivity index (χ1v) is 8.82. The van der Waals surface area contributed by atoms with Crippen LogP contribution < -0.4 is 10.1 Å². The zero-order chi connectivity index (χ0) is 17.4. The molecule has 1 N–H and O–H groups in total. The molecule has 1 atom stereocenters. The van der Waals surface area contributed by atoms with Crippen LogP contribution in [0.5, 0.6) is 5.75 Å². The Kier molecular flexibility index (Phi) is 9.53. The van der Waals surface area contributed by atoms with Crippen molar-refractivity contribution < 1.29 is 14.3 Å². The molecule has 1 aromatic rings. The number of likely N-dealkylation sites (tertiary alicyclic amines) is 1. The number of carbonyl (C=O) groups excluding carboxylic acids is 2. The number of ether oxygens (including phenoxy) is 1. The molecule has 0 bridgehead atoms. The van der Waals surface area contributed by atoms with Gasteiger partial charge in [-0.2, -0.15) is 0 Å². The van der Waals surface area contributed by atoms with E-state index in [4.69, 9.17) is 4.74 Å². The van der Waals surface area contributed by atoms with E-state index < -0.39 is 0 Å². The lowest BCUT2D eigenvalue weighted by Gasteiger charge is -2.16. The summed E-state index contributed by atoms with van der Waals surface area (Å²) in [4.78, 5) is 26.4. The highest BCUT2D eigenvalue weighted by Crippen LogP contribution is 2.18. The predicted molar refractivity (Wildman–Crippen MR) is 102 cm³/mol. The number of hydrogen-bond donors (Lipinski definition) is 1. The lowest BCUT2D eigenvalue weighted by molar-refractivity contribution is -0.130. The van der Waals surface area contributed by atoms with E-state index in [0.717, 1.165) is 38.2 Å². The number of halogens is 1. The van der Waals surface area contributed by atoms with Gasteiger partial charge in [-0.3, -0.25) is 9.59 Å². The van der Waals surface area contributed by atoms with Gasteiger partial charge in [0.05, 0.1) is 6.61 Å². The fourth-order valence-electron chi connectivity index (χ4n) is 2.99. The van der Waals surface area contributed by atoms with Crippen molar-refractivity contribution in [2.24, 2.45) is 5.92 Å². The second kappa shape index (κ2) is 11.1. The van der Waals surface area contributed by atoms with Crippen molar-refractivity contribution >= 4 is 24.1 Å². The van der Waals surface area contributed by atoms with Crippen LogP contribution in [0.25, 0.3) is 0 Å². The van der Waals surface area contributed by atoms with Crippen LogP contribution in [0.2, 0.25) is 0 Å². The maximum Gasteiger partial charge on any atom is 0.223 e. The van der Waals surface area contributed by atoms with Crippen LogP contribution >= 0.6 is 12.4 Å². The Balaban J connectivity index is 0.00000312. The molecule has 1 aliphatic heterocycles. The summed E-state index contributed by atoms with van der Waals surface area (Å²) >= 11 is 0. The number of amides is 1. The molecular formula is C19H29ClN2O3. The first kappa shape index (κ1) is 21.5. The van der Waals surface area contributed by atoms with Crippen molar-refractivity contribution in [3.8, 4) is 5.75 Å². The summed E-state index contributed by atoms with van der Waals surface area (Å²) in [5, 5.41) is 3.16. The highest BCUT2D eigenvalue weighted by molar-refractivity contribution is 5.98. The van der Waals surface area contributed by atoms with Gasteiger partial charge in [-0.25, -0.2) is 0 Å². The van der Waals surface area contributed by atoms with E-state index in [2.05, 4.69) is 12.2 Å². The molecule has 1 heterocycles. The summed E-state index contributed by atoms with van der Waals surface area (Å²) in [6.45, 7) is 5.28. The van der Waals surface area contributed by atoms with Crippen molar-refractivity contribution in [3.05, 3.63) is 29.8 Å². The number of Topliss-reactive ketones (excluding diaryl/α,β-unsaturated/α-hetero) is 1. The molecule has 1 aliphatic rings. The van der Waals surface area contributed by atoms with Gasteiger partial charge in [-0.05, 0) is 56.6 Å². The quantitative estimate of drug-likeness (QED) is 0.681. The fourth-order valence-corrected chi connectivity index (χ4v) is 2.99. The number of benzene rings is 1. The normalized spacial score (nSPS) is 16.4. The van der Waals surface area contributed by atoms with E-state index >= 15 is 0 Å². The van der Waals surface area contributed by atoms with Gasteiger partial charge in [0.25, 0.3) is 0 Å². The van der Waals surface area contributed by atoms with Gasteiger partial charge in [0.2, 0.25) is 5.91 Å². The van der Waals surface area contributed by atoms with Gasteiger partial charge < -0.3 is 15.0 Å². The van der Waals surface area contributed by atoms with E-state index in [0.29, 0.717) is 24.5 Å². The Labute approximate surface area is 156 Å². The minimum atomic E-state index is 0. The number of ketones is 1. The Hall–Kier alpha value is -1.59. The minimum Gasteiger partial charge on any atom is -0.494 e. The first-order chi connectivity index (χ1) is 11.6. The van der Waals surface area contributed by atoms with Crippen molar-refractivity contribution in [2.45, 2.75) is 32.6 Å². The summed E-state index contributed by atoms with van der Waals surface area (Å²) in [6.07, 6.45) is 2.55. The van der Waals surface area contributed by atoms with Crippen molar-refractivity contribution in [1.82, 2.24) is 10.2 Å². The Morgan fingerprint density at radius 2 is 1.96 bits per heavy atom. The Bertz CT molecular complexity index is 548. The highest BCUT2D eigenvalue weighted by Gasteiger charge is 2.25. The SMILES string of the molecule is CCCOc1ccc(C(=O)CCC(=O)N2CCC(CNC)C2)cc1.Cl. The zero-order valence-corrected chi connectivity index (χ0v) is 15.9. The molecule has 140 valence electrons. The van der Waals surface area contributed by atoms with Crippen LogP contribution in [-0.4, -0.2) is 49.9 Å². The van der Waals surface area contributed by atoms with Gasteiger partial charge in [-0.15, -0.1) is 12.4 Å². The molecule has 25 heavy (non-hydrogen) atoms. The second-order valence-electron chi connectivity index (χ2n) is 6.35. The third-order valence-corrected chi connectivity index (χ3v) is 4.35. The van der Waals surface area contributed by atoms with Crippen LogP contribution in [0.4, 0.5) is 0 Å². The zero-order valence-electron chi connectivity index (χ0n) is 15.1. The fraction of sp³-hybridized carbons (Fsp3) is 0.579. The standard InChI is InChI=1S/C19H28N2O3.ClH/c1-3-12-24-17-6-4-16(5-7-17)18(22)8-9-19(23)21-11-10-15(14-21)13-20-2;/h4-7,15,20H,3,8-14H2,1-2H3;1H. The van der Waals surface area contributed by atoms with Gasteiger partial charge in [0, 0.05) is 31.5 Å². The molecule has 1 saturated heterocycles. The van der Waals surface area contributed by atoms with E-state index in [1.165, 1.54) is 0 Å². The van der Waals surface area contributed by atoms with Gasteiger partial charge in [0.1, 0.15) is 5.75 Å². The molecule has 0 aliphatic carbocycles. The third kappa shape index (κ3) is 6.67. The maximum absolute atomic E-state index is 12.2. The van der Waals surface area contributed by atoms with Crippen molar-refractivity contribution in [1.29, 1.82) is 0 Å². The third-order valence-electron chi connectivity index (χ3n) is 4.35. The predicted octanol–water partition coefficient (Wildman–Crippen LogP) is 2.93. The summed E-state index contributed by atoms with van der Waals surface area (Å²) in [5.41, 5.74) is 0.640. The van der Waals surface area contributed by atoms with Crippen LogP contribution in [0.15, 0.2) is 24.3 Å². The maximum atomic E-state index is 12.2. The average Bonchev–Trinajstić information content (AvgIpc) is 3.07. The van der Waals surface area contributed by atoms with Crippen LogP contribution in [0.1, 0.15) is 43.0 Å². The van der Waals surface area contributed by atoms with Crippen molar-refractivity contribution in [2.75, 3.05) is 33.3 Å². The summed E-state index contributed by atoms with van der Waals surface area (Å²) in [7, 11) is 1.93. The number of carbonyl (C=O) groups is 2.